The number of fused-ring (bicyclic) bond motifs is 1. The fourth-order valence-corrected chi connectivity index (χ4v) is 2.91. The third kappa shape index (κ3) is 3.16. The molecule has 0 spiro atoms. The van der Waals surface area contributed by atoms with E-state index in [2.05, 4.69) is 26.5 Å². The van der Waals surface area contributed by atoms with Crippen molar-refractivity contribution in [2.75, 3.05) is 0 Å². The molecule has 120 valence electrons. The summed E-state index contributed by atoms with van der Waals surface area (Å²) in [7, 11) is 0. The topological polar surface area (TPSA) is 61.7 Å². The number of rotatable bonds is 3. The van der Waals surface area contributed by atoms with Crippen molar-refractivity contribution in [3.63, 3.8) is 0 Å². The molecular weight excluding hydrogens is 368 g/mol. The molecule has 0 heterocycles. The molecule has 2 N–H and O–H groups in total. The summed E-state index contributed by atoms with van der Waals surface area (Å²) in [5.74, 6) is -0.161. The largest absolute Gasteiger partial charge is 0.507 e. The van der Waals surface area contributed by atoms with Crippen LogP contribution in [0, 0.1) is 0 Å². The van der Waals surface area contributed by atoms with Crippen LogP contribution >= 0.6 is 15.9 Å². The van der Waals surface area contributed by atoms with E-state index in [1.54, 1.807) is 31.2 Å². The van der Waals surface area contributed by atoms with Gasteiger partial charge in [0.2, 0.25) is 0 Å². The van der Waals surface area contributed by atoms with E-state index in [-0.39, 0.29) is 11.7 Å². The van der Waals surface area contributed by atoms with Crippen LogP contribution in [0.4, 0.5) is 0 Å². The van der Waals surface area contributed by atoms with Crippen LogP contribution in [-0.2, 0) is 0 Å². The van der Waals surface area contributed by atoms with Gasteiger partial charge in [0, 0.05) is 15.4 Å². The number of aromatic hydroxyl groups is 1. The first-order valence-corrected chi connectivity index (χ1v) is 8.17. The van der Waals surface area contributed by atoms with Crippen molar-refractivity contribution < 1.29 is 9.90 Å². The van der Waals surface area contributed by atoms with Crippen molar-refractivity contribution in [2.45, 2.75) is 6.92 Å². The quantitative estimate of drug-likeness (QED) is 0.518. The van der Waals surface area contributed by atoms with E-state index in [9.17, 15) is 9.90 Å². The summed E-state index contributed by atoms with van der Waals surface area (Å²) < 4.78 is 0.698. The van der Waals surface area contributed by atoms with E-state index in [0.29, 0.717) is 21.3 Å². The number of nitrogens with one attached hydrogen (secondary N) is 1. The number of halogens is 1. The van der Waals surface area contributed by atoms with Gasteiger partial charge in [0.05, 0.1) is 11.3 Å². The molecule has 0 atom stereocenters. The fourth-order valence-electron chi connectivity index (χ4n) is 2.45. The van der Waals surface area contributed by atoms with Gasteiger partial charge in [-0.25, -0.2) is 5.43 Å². The summed E-state index contributed by atoms with van der Waals surface area (Å²) >= 11 is 3.34. The molecule has 3 rings (SSSR count). The van der Waals surface area contributed by atoms with Crippen molar-refractivity contribution in [2.24, 2.45) is 5.10 Å². The number of phenols is 1. The lowest BCUT2D eigenvalue weighted by atomic mass is 10.0. The van der Waals surface area contributed by atoms with E-state index in [0.717, 1.165) is 10.8 Å². The zero-order valence-corrected chi connectivity index (χ0v) is 14.5. The molecule has 4 nitrogen and oxygen atoms in total. The Hall–Kier alpha value is -2.66. The average Bonchev–Trinajstić information content (AvgIpc) is 2.60. The standard InChI is InChI=1S/C19H15BrN2O2/c1-12(21-22-19(24)16-8-4-5-9-17(16)20)14-11-10-13-6-2-3-7-15(13)18(14)23/h2-11,23H,1H3,(H,22,24)/b21-12-. The number of phenolic OH excluding ortho intramolecular Hbond substituents is 1. The van der Waals surface area contributed by atoms with Crippen molar-refractivity contribution in [1.29, 1.82) is 0 Å². The van der Waals surface area contributed by atoms with Crippen LogP contribution < -0.4 is 5.43 Å². The molecule has 0 bridgehead atoms. The Labute approximate surface area is 148 Å². The predicted molar refractivity (Wildman–Crippen MR) is 99.4 cm³/mol. The van der Waals surface area contributed by atoms with E-state index >= 15 is 0 Å². The highest BCUT2D eigenvalue weighted by Gasteiger charge is 2.11. The third-order valence-corrected chi connectivity index (χ3v) is 4.43. The summed E-state index contributed by atoms with van der Waals surface area (Å²) in [5.41, 5.74) is 4.13. The molecule has 0 aliphatic heterocycles. The Bertz CT molecular complexity index is 951. The first-order chi connectivity index (χ1) is 11.6. The Morgan fingerprint density at radius 3 is 2.50 bits per heavy atom. The summed E-state index contributed by atoms with van der Waals surface area (Å²) in [6.45, 7) is 1.74. The minimum atomic E-state index is -0.317. The number of nitrogens with zero attached hydrogens (tertiary/aromatic N) is 1. The second kappa shape index (κ2) is 6.84. The summed E-state index contributed by atoms with van der Waals surface area (Å²) in [4.78, 5) is 12.2. The van der Waals surface area contributed by atoms with Gasteiger partial charge < -0.3 is 5.11 Å². The zero-order valence-electron chi connectivity index (χ0n) is 13.0. The maximum Gasteiger partial charge on any atom is 0.272 e. The van der Waals surface area contributed by atoms with Gasteiger partial charge in [-0.3, -0.25) is 4.79 Å². The SMILES string of the molecule is C/C(=N/NC(=O)c1ccccc1Br)c1ccc2ccccc2c1O. The number of hydrogen-bond acceptors (Lipinski definition) is 3. The number of benzene rings is 3. The van der Waals surface area contributed by atoms with E-state index < -0.39 is 0 Å². The molecule has 0 aliphatic rings. The Morgan fingerprint density at radius 1 is 1.00 bits per heavy atom. The molecule has 0 fully saturated rings. The molecule has 24 heavy (non-hydrogen) atoms. The first kappa shape index (κ1) is 16.2. The van der Waals surface area contributed by atoms with Crippen molar-refractivity contribution in [1.82, 2.24) is 5.43 Å². The van der Waals surface area contributed by atoms with Gasteiger partial charge in [0.1, 0.15) is 5.75 Å². The molecule has 3 aromatic carbocycles. The van der Waals surface area contributed by atoms with Crippen molar-refractivity contribution >= 4 is 38.3 Å². The summed E-state index contributed by atoms with van der Waals surface area (Å²) in [5, 5.41) is 16.3. The van der Waals surface area contributed by atoms with Gasteiger partial charge in [-0.2, -0.15) is 5.10 Å². The van der Waals surface area contributed by atoms with Crippen LogP contribution in [0.5, 0.6) is 5.75 Å². The highest BCUT2D eigenvalue weighted by atomic mass is 79.9. The minimum absolute atomic E-state index is 0.157. The summed E-state index contributed by atoms with van der Waals surface area (Å²) in [6, 6.07) is 18.4. The number of carbonyl (C=O) groups is 1. The van der Waals surface area contributed by atoms with Gasteiger partial charge in [0.25, 0.3) is 5.91 Å². The Kier molecular flexibility index (Phi) is 4.62. The van der Waals surface area contributed by atoms with Gasteiger partial charge >= 0.3 is 0 Å². The van der Waals surface area contributed by atoms with Gasteiger partial charge in [0.15, 0.2) is 0 Å². The van der Waals surface area contributed by atoms with E-state index in [1.165, 1.54) is 0 Å². The zero-order chi connectivity index (χ0) is 17.1. The molecule has 0 aromatic heterocycles. The van der Waals surface area contributed by atoms with Gasteiger partial charge in [-0.1, -0.05) is 42.5 Å². The second-order valence-corrected chi connectivity index (χ2v) is 6.16. The minimum Gasteiger partial charge on any atom is -0.507 e. The van der Waals surface area contributed by atoms with Crippen LogP contribution in [0.2, 0.25) is 0 Å². The van der Waals surface area contributed by atoms with E-state index in [4.69, 9.17) is 0 Å². The molecule has 0 saturated heterocycles. The van der Waals surface area contributed by atoms with Crippen LogP contribution in [0.25, 0.3) is 10.8 Å². The fraction of sp³-hybridized carbons (Fsp3) is 0.0526. The summed E-state index contributed by atoms with van der Waals surface area (Å²) in [6.07, 6.45) is 0. The van der Waals surface area contributed by atoms with Gasteiger partial charge in [-0.05, 0) is 46.4 Å². The molecule has 0 unspecified atom stereocenters. The number of hydrogen-bond donors (Lipinski definition) is 2. The maximum atomic E-state index is 12.2. The Balaban J connectivity index is 1.88. The highest BCUT2D eigenvalue weighted by molar-refractivity contribution is 9.10. The molecule has 5 heteroatoms. The number of amides is 1. The van der Waals surface area contributed by atoms with Gasteiger partial charge in [-0.15, -0.1) is 0 Å². The normalized spacial score (nSPS) is 11.5. The molecule has 0 radical (unpaired) electrons. The third-order valence-electron chi connectivity index (χ3n) is 3.73. The maximum absolute atomic E-state index is 12.2. The number of carbonyl (C=O) groups excluding carboxylic acids is 1. The lowest BCUT2D eigenvalue weighted by Gasteiger charge is -2.08. The molecule has 3 aromatic rings. The number of hydrazone groups is 1. The van der Waals surface area contributed by atoms with Crippen LogP contribution in [-0.4, -0.2) is 16.7 Å². The first-order valence-electron chi connectivity index (χ1n) is 7.38. The van der Waals surface area contributed by atoms with Crippen LogP contribution in [0.15, 0.2) is 70.2 Å². The molecule has 1 amide bonds. The van der Waals surface area contributed by atoms with Crippen molar-refractivity contribution in [3.05, 3.63) is 76.3 Å². The highest BCUT2D eigenvalue weighted by Crippen LogP contribution is 2.28. The molecular formula is C19H15BrN2O2. The van der Waals surface area contributed by atoms with Crippen molar-refractivity contribution in [3.8, 4) is 5.75 Å². The smallest absolute Gasteiger partial charge is 0.272 e. The molecule has 0 saturated carbocycles. The van der Waals surface area contributed by atoms with Crippen LogP contribution in [0.3, 0.4) is 0 Å². The van der Waals surface area contributed by atoms with E-state index in [1.807, 2.05) is 36.4 Å². The average molecular weight is 383 g/mol. The van der Waals surface area contributed by atoms with Crippen LogP contribution in [0.1, 0.15) is 22.8 Å². The monoisotopic (exact) mass is 382 g/mol. The Morgan fingerprint density at radius 2 is 1.71 bits per heavy atom. The molecule has 0 aliphatic carbocycles. The predicted octanol–water partition coefficient (Wildman–Crippen LogP) is 4.46. The second-order valence-electron chi connectivity index (χ2n) is 5.30. The lowest BCUT2D eigenvalue weighted by molar-refractivity contribution is 0.0954. The lowest BCUT2D eigenvalue weighted by Crippen LogP contribution is -2.19.